The summed E-state index contributed by atoms with van der Waals surface area (Å²) in [5.41, 5.74) is 3.13. The second-order valence-electron chi connectivity index (χ2n) is 13.8. The van der Waals surface area contributed by atoms with Crippen LogP contribution in [0.5, 0.6) is 0 Å². The largest absolute Gasteiger partial charge is 0.381 e. The minimum Gasteiger partial charge on any atom is -0.381 e. The second kappa shape index (κ2) is 7.35. The van der Waals surface area contributed by atoms with E-state index in [4.69, 9.17) is 4.74 Å². The lowest BCUT2D eigenvalue weighted by Gasteiger charge is -2.61. The Hall–Kier alpha value is -0.300. The molecule has 0 aromatic rings. The van der Waals surface area contributed by atoms with Crippen LogP contribution in [0.2, 0.25) is 0 Å². The fourth-order valence-electron chi connectivity index (χ4n) is 10.7. The first-order chi connectivity index (χ1) is 14.6. The van der Waals surface area contributed by atoms with Gasteiger partial charge in [0.15, 0.2) is 0 Å². The number of rotatable bonds is 6. The van der Waals surface area contributed by atoms with Gasteiger partial charge in [-0.1, -0.05) is 53.7 Å². The van der Waals surface area contributed by atoms with Crippen LogP contribution in [-0.2, 0) is 4.74 Å². The van der Waals surface area contributed by atoms with Crippen LogP contribution < -0.4 is 0 Å². The molecule has 0 saturated heterocycles. The van der Waals surface area contributed by atoms with Gasteiger partial charge in [0.2, 0.25) is 0 Å². The van der Waals surface area contributed by atoms with Gasteiger partial charge in [-0.05, 0) is 116 Å². The van der Waals surface area contributed by atoms with E-state index >= 15 is 0 Å². The van der Waals surface area contributed by atoms with Crippen molar-refractivity contribution in [2.75, 3.05) is 7.11 Å². The summed E-state index contributed by atoms with van der Waals surface area (Å²) >= 11 is 0. The summed E-state index contributed by atoms with van der Waals surface area (Å²) in [4.78, 5) is 0. The number of ether oxygens (including phenoxy) is 1. The van der Waals surface area contributed by atoms with Crippen LogP contribution in [0.1, 0.15) is 99.3 Å². The molecule has 0 N–H and O–H groups in total. The molecule has 0 unspecified atom stereocenters. The first-order valence-electron chi connectivity index (χ1n) is 13.8. The monoisotopic (exact) mass is 426 g/mol. The van der Waals surface area contributed by atoms with Gasteiger partial charge in [0.25, 0.3) is 0 Å². The first-order valence-corrected chi connectivity index (χ1v) is 13.8. The van der Waals surface area contributed by atoms with Crippen molar-refractivity contribution < 1.29 is 4.74 Å². The summed E-state index contributed by atoms with van der Waals surface area (Å²) in [5.74, 6) is 6.89. The minimum absolute atomic E-state index is 0.540. The lowest BCUT2D eigenvalue weighted by Crippen LogP contribution is -2.57. The Morgan fingerprint density at radius 3 is 2.39 bits per heavy atom. The molecular weight excluding hydrogens is 376 g/mol. The Labute approximate surface area is 193 Å². The molecule has 11 atom stereocenters. The van der Waals surface area contributed by atoms with Gasteiger partial charge in [0.05, 0.1) is 6.10 Å². The molecule has 1 heteroatoms. The van der Waals surface area contributed by atoms with Crippen molar-refractivity contribution in [2.24, 2.45) is 63.6 Å². The highest BCUT2D eigenvalue weighted by molar-refractivity contribution is 5.26. The van der Waals surface area contributed by atoms with E-state index in [1.807, 2.05) is 7.11 Å². The number of hydrogen-bond acceptors (Lipinski definition) is 1. The second-order valence-corrected chi connectivity index (χ2v) is 13.8. The maximum Gasteiger partial charge on any atom is 0.0638 e. The normalized spacial score (nSPS) is 52.1. The van der Waals surface area contributed by atoms with Gasteiger partial charge in [-0.3, -0.25) is 0 Å². The number of allylic oxidation sites excluding steroid dienone is 1. The van der Waals surface area contributed by atoms with Gasteiger partial charge in [0, 0.05) is 12.5 Å². The molecule has 176 valence electrons. The van der Waals surface area contributed by atoms with Gasteiger partial charge < -0.3 is 4.74 Å². The molecule has 5 aliphatic rings. The summed E-state index contributed by atoms with van der Waals surface area (Å²) < 4.78 is 6.31. The van der Waals surface area contributed by atoms with Crippen LogP contribution in [0.3, 0.4) is 0 Å². The van der Waals surface area contributed by atoms with E-state index in [9.17, 15) is 0 Å². The summed E-state index contributed by atoms with van der Waals surface area (Å²) in [7, 11) is 2.03. The topological polar surface area (TPSA) is 9.23 Å². The van der Waals surface area contributed by atoms with Crippen LogP contribution in [0, 0.1) is 63.6 Å². The molecule has 1 nitrogen and oxygen atoms in total. The fourth-order valence-corrected chi connectivity index (χ4v) is 10.7. The van der Waals surface area contributed by atoms with Crippen LogP contribution in [0.25, 0.3) is 0 Å². The van der Waals surface area contributed by atoms with Crippen molar-refractivity contribution in [2.45, 2.75) is 105 Å². The molecule has 0 bridgehead atoms. The van der Waals surface area contributed by atoms with Gasteiger partial charge in [-0.15, -0.1) is 0 Å². The van der Waals surface area contributed by atoms with E-state index < -0.39 is 0 Å². The standard InChI is InChI=1S/C30H50O/c1-18(2)19(3)15-20(4)21(5)24-9-10-25-23-16-27(31-8)30-17-22(30)11-14-29(30,7)26(23)12-13-28(24,25)6/h18,20-27H,3,9-17H2,1-2,4-8H3/t20-,21-,22-,23+,24-,25+,26+,27-,28-,29-,30+/m1/s1. The van der Waals surface area contributed by atoms with Crippen molar-refractivity contribution in [3.63, 3.8) is 0 Å². The zero-order chi connectivity index (χ0) is 22.3. The smallest absolute Gasteiger partial charge is 0.0638 e. The van der Waals surface area contributed by atoms with Crippen LogP contribution >= 0.6 is 0 Å². The van der Waals surface area contributed by atoms with E-state index in [-0.39, 0.29) is 0 Å². The summed E-state index contributed by atoms with van der Waals surface area (Å²) in [6, 6.07) is 0. The molecule has 5 rings (SSSR count). The summed E-state index contributed by atoms with van der Waals surface area (Å²) in [6.07, 6.45) is 13.5. The number of fused-ring (bicyclic) bond motifs is 4. The highest BCUT2D eigenvalue weighted by atomic mass is 16.5. The summed E-state index contributed by atoms with van der Waals surface area (Å²) in [5, 5.41) is 0. The molecular formula is C30H50O. The molecule has 5 fully saturated rings. The van der Waals surface area contributed by atoms with Crippen molar-refractivity contribution in [3.8, 4) is 0 Å². The maximum absolute atomic E-state index is 6.31. The lowest BCUT2D eigenvalue weighted by molar-refractivity contribution is -0.161. The molecule has 0 radical (unpaired) electrons. The first kappa shape index (κ1) is 22.5. The molecule has 0 aromatic carbocycles. The molecule has 0 aromatic heterocycles. The Balaban J connectivity index is 1.37. The van der Waals surface area contributed by atoms with Crippen LogP contribution in [0.15, 0.2) is 12.2 Å². The molecule has 31 heavy (non-hydrogen) atoms. The molecule has 5 saturated carbocycles. The fraction of sp³-hybridized carbons (Fsp3) is 0.933. The molecule has 0 amide bonds. The summed E-state index contributed by atoms with van der Waals surface area (Å²) in [6.45, 7) is 19.6. The molecule has 0 aliphatic heterocycles. The Morgan fingerprint density at radius 2 is 1.74 bits per heavy atom. The van der Waals surface area contributed by atoms with E-state index in [2.05, 4.69) is 48.1 Å². The predicted octanol–water partition coefficient (Wildman–Crippen LogP) is 8.14. The Bertz CT molecular complexity index is 724. The highest BCUT2D eigenvalue weighted by Gasteiger charge is 2.77. The molecule has 0 heterocycles. The van der Waals surface area contributed by atoms with Crippen molar-refractivity contribution in [1.29, 1.82) is 0 Å². The van der Waals surface area contributed by atoms with Gasteiger partial charge >= 0.3 is 0 Å². The van der Waals surface area contributed by atoms with Gasteiger partial charge in [-0.25, -0.2) is 0 Å². The van der Waals surface area contributed by atoms with Crippen molar-refractivity contribution >= 4 is 0 Å². The highest BCUT2D eigenvalue weighted by Crippen LogP contribution is 2.82. The van der Waals surface area contributed by atoms with E-state index in [1.165, 1.54) is 63.4 Å². The van der Waals surface area contributed by atoms with Gasteiger partial charge in [0.1, 0.15) is 0 Å². The lowest BCUT2D eigenvalue weighted by atomic mass is 9.45. The average molecular weight is 427 g/mol. The Morgan fingerprint density at radius 1 is 1.00 bits per heavy atom. The van der Waals surface area contributed by atoms with Crippen LogP contribution in [-0.4, -0.2) is 13.2 Å². The molecule has 5 aliphatic carbocycles. The zero-order valence-corrected chi connectivity index (χ0v) is 21.7. The van der Waals surface area contributed by atoms with Gasteiger partial charge in [-0.2, -0.15) is 0 Å². The van der Waals surface area contributed by atoms with E-state index in [0.717, 1.165) is 41.4 Å². The quantitative estimate of drug-likeness (QED) is 0.389. The maximum atomic E-state index is 6.31. The number of methoxy groups -OCH3 is 1. The third-order valence-electron chi connectivity index (χ3n) is 12.8. The van der Waals surface area contributed by atoms with Crippen LogP contribution in [0.4, 0.5) is 0 Å². The minimum atomic E-state index is 0.540. The third-order valence-corrected chi connectivity index (χ3v) is 12.8. The number of hydrogen-bond donors (Lipinski definition) is 0. The van der Waals surface area contributed by atoms with Crippen molar-refractivity contribution in [1.82, 2.24) is 0 Å². The molecule has 1 spiro atoms. The zero-order valence-electron chi connectivity index (χ0n) is 21.7. The predicted molar refractivity (Wildman–Crippen MR) is 131 cm³/mol. The van der Waals surface area contributed by atoms with Crippen molar-refractivity contribution in [3.05, 3.63) is 12.2 Å². The SMILES string of the molecule is C=C(C[C@@H](C)[C@@H](C)[C@H]1CC[C@H]2[C@@H]3C[C@@H](OC)[C@]45C[C@H]4CC[C@]5(C)[C@H]3CC[C@]12C)C(C)C. The van der Waals surface area contributed by atoms with E-state index in [0.29, 0.717) is 28.3 Å². The third kappa shape index (κ3) is 2.90. The van der Waals surface area contributed by atoms with E-state index in [1.54, 1.807) is 0 Å². The average Bonchev–Trinajstić information content (AvgIpc) is 3.24. The Kier molecular flexibility index (Phi) is 5.33.